The maximum atomic E-state index is 11.0. The van der Waals surface area contributed by atoms with Crippen LogP contribution in [0.4, 0.5) is 0 Å². The van der Waals surface area contributed by atoms with Crippen LogP contribution in [0.25, 0.3) is 0 Å². The highest BCUT2D eigenvalue weighted by atomic mass is 32.2. The Morgan fingerprint density at radius 1 is 1.00 bits per heavy atom. The molecule has 7 nitrogen and oxygen atoms in total. The molecule has 0 bridgehead atoms. The third kappa shape index (κ3) is 8.79. The van der Waals surface area contributed by atoms with Gasteiger partial charge in [-0.15, -0.1) is 11.8 Å². The second-order valence-corrected chi connectivity index (χ2v) is 10.8. The van der Waals surface area contributed by atoms with Crippen LogP contribution in [0.15, 0.2) is 35.2 Å². The molecule has 2 rings (SSSR count). The van der Waals surface area contributed by atoms with E-state index in [0.29, 0.717) is 10.9 Å². The van der Waals surface area contributed by atoms with Crippen molar-refractivity contribution >= 4 is 27.0 Å². The fourth-order valence-electron chi connectivity index (χ4n) is 2.21. The molecule has 0 saturated heterocycles. The molecule has 6 N–H and O–H groups in total. The lowest BCUT2D eigenvalue weighted by atomic mass is 9.97. The Hall–Kier alpha value is -0.170. The molecule has 1 aromatic rings. The summed E-state index contributed by atoms with van der Waals surface area (Å²) in [6, 6.07) is 9.16. The highest BCUT2D eigenvalue weighted by Gasteiger charge is 2.43. The summed E-state index contributed by atoms with van der Waals surface area (Å²) >= 11 is 0.998. The minimum atomic E-state index is -4.82. The molecule has 0 radical (unpaired) electrons. The van der Waals surface area contributed by atoms with Crippen LogP contribution in [-0.4, -0.2) is 36.8 Å². The van der Waals surface area contributed by atoms with Gasteiger partial charge in [0.25, 0.3) is 0 Å². The number of thioether (sulfide) groups is 1. The molecule has 1 fully saturated rings. The Morgan fingerprint density at radius 2 is 1.50 bits per heavy atom. The van der Waals surface area contributed by atoms with Crippen LogP contribution in [0.3, 0.4) is 0 Å². The monoisotopic (exact) mass is 397 g/mol. The van der Waals surface area contributed by atoms with E-state index in [9.17, 15) is 9.13 Å². The lowest BCUT2D eigenvalue weighted by molar-refractivity contribution is 0.343. The van der Waals surface area contributed by atoms with Crippen molar-refractivity contribution in [3.8, 4) is 0 Å². The number of benzene rings is 1. The summed E-state index contributed by atoms with van der Waals surface area (Å²) in [6.07, 6.45) is 6.66. The van der Waals surface area contributed by atoms with Gasteiger partial charge in [0.05, 0.1) is 0 Å². The third-order valence-electron chi connectivity index (χ3n) is 3.57. The van der Waals surface area contributed by atoms with Crippen LogP contribution in [0.2, 0.25) is 0 Å². The van der Waals surface area contributed by atoms with Crippen molar-refractivity contribution in [2.75, 3.05) is 5.75 Å². The predicted molar refractivity (Wildman–Crippen MR) is 96.1 cm³/mol. The molecule has 1 aliphatic carbocycles. The Morgan fingerprint density at radius 3 is 1.88 bits per heavy atom. The first kappa shape index (κ1) is 21.9. The van der Waals surface area contributed by atoms with E-state index in [2.05, 4.69) is 0 Å². The van der Waals surface area contributed by atoms with Crippen molar-refractivity contribution in [2.45, 2.75) is 48.4 Å². The summed E-state index contributed by atoms with van der Waals surface area (Å²) < 4.78 is 22.0. The molecular weight excluding hydrogens is 372 g/mol. The molecule has 0 amide bonds. The minimum Gasteiger partial charge on any atom is -0.328 e. The minimum absolute atomic E-state index is 0.335. The molecule has 1 aliphatic rings. The van der Waals surface area contributed by atoms with Crippen LogP contribution in [-0.2, 0) is 9.13 Å². The maximum absolute atomic E-state index is 11.0. The van der Waals surface area contributed by atoms with Gasteiger partial charge in [0, 0.05) is 16.7 Å². The second kappa shape index (κ2) is 10.1. The van der Waals surface area contributed by atoms with Crippen molar-refractivity contribution in [2.24, 2.45) is 5.73 Å². The van der Waals surface area contributed by atoms with Crippen molar-refractivity contribution in [3.63, 3.8) is 0 Å². The molecule has 0 aliphatic heterocycles. The predicted octanol–water partition coefficient (Wildman–Crippen LogP) is 2.74. The molecule has 0 heterocycles. The van der Waals surface area contributed by atoms with E-state index in [1.54, 1.807) is 30.3 Å². The summed E-state index contributed by atoms with van der Waals surface area (Å²) in [5.41, 5.74) is 5.63. The Bertz CT molecular complexity index is 548. The van der Waals surface area contributed by atoms with E-state index in [0.717, 1.165) is 11.8 Å². The van der Waals surface area contributed by atoms with E-state index in [1.807, 2.05) is 0 Å². The van der Waals surface area contributed by atoms with Crippen LogP contribution in [0.5, 0.6) is 0 Å². The quantitative estimate of drug-likeness (QED) is 0.377. The third-order valence-corrected chi connectivity index (χ3v) is 8.89. The zero-order chi connectivity index (χ0) is 18.2. The normalized spacial score (nSPS) is 16.6. The Kier molecular flexibility index (Phi) is 9.20. The molecule has 0 spiro atoms. The van der Waals surface area contributed by atoms with E-state index < -0.39 is 20.6 Å². The highest BCUT2D eigenvalue weighted by molar-refractivity contribution is 8.00. The zero-order valence-corrected chi connectivity index (χ0v) is 15.9. The van der Waals surface area contributed by atoms with Gasteiger partial charge in [-0.2, -0.15) is 0 Å². The summed E-state index contributed by atoms with van der Waals surface area (Å²) in [5.74, 6) is -0.335. The van der Waals surface area contributed by atoms with Crippen molar-refractivity contribution in [1.82, 2.24) is 0 Å². The molecule has 10 heteroatoms. The second-order valence-electron chi connectivity index (χ2n) is 5.68. The summed E-state index contributed by atoms with van der Waals surface area (Å²) in [4.78, 5) is 36.3. The summed E-state index contributed by atoms with van der Waals surface area (Å²) in [7, 11) is -9.64. The summed E-state index contributed by atoms with van der Waals surface area (Å²) in [6.45, 7) is 0. The molecule has 138 valence electrons. The molecule has 0 atom stereocenters. The average molecular weight is 397 g/mol. The van der Waals surface area contributed by atoms with Crippen LogP contribution < -0.4 is 5.73 Å². The van der Waals surface area contributed by atoms with Crippen molar-refractivity contribution < 1.29 is 28.7 Å². The van der Waals surface area contributed by atoms with E-state index >= 15 is 0 Å². The molecule has 0 unspecified atom stereocenters. The topological polar surface area (TPSA) is 141 Å². The molecule has 1 aromatic carbocycles. The van der Waals surface area contributed by atoms with Gasteiger partial charge in [0.15, 0.2) is 5.40 Å². The molecule has 0 aromatic heterocycles. The number of hydrogen-bond donors (Lipinski definition) is 5. The first-order valence-electron chi connectivity index (χ1n) is 7.64. The van der Waals surface area contributed by atoms with Gasteiger partial charge in [-0.3, -0.25) is 9.13 Å². The lowest BCUT2D eigenvalue weighted by Gasteiger charge is -2.18. The highest BCUT2D eigenvalue weighted by Crippen LogP contribution is 2.60. The molecule has 24 heavy (non-hydrogen) atoms. The van der Waals surface area contributed by atoms with Gasteiger partial charge < -0.3 is 25.3 Å². The van der Waals surface area contributed by atoms with E-state index in [1.165, 1.54) is 32.1 Å². The first-order chi connectivity index (χ1) is 11.1. The average Bonchev–Trinajstić information content (AvgIpc) is 2.47. The number of rotatable bonds is 5. The lowest BCUT2D eigenvalue weighted by Crippen LogP contribution is -2.22. The number of hydrogen-bond acceptors (Lipinski definition) is 4. The van der Waals surface area contributed by atoms with E-state index in [4.69, 9.17) is 25.3 Å². The maximum Gasteiger partial charge on any atom is 0.341 e. The summed E-state index contributed by atoms with van der Waals surface area (Å²) in [5, 5.41) is -1.96. The standard InChI is InChI=1S/C8H12O6P2S.C6H13N/c9-15(10,11)8(16(12,13)14)6-17-7-4-2-1-3-5-7;7-6-4-2-1-3-5-6/h1-5,8H,6H2,(H2,9,10,11)(H2,12,13,14);6H,1-5,7H2. The Labute approximate surface area is 146 Å². The van der Waals surface area contributed by atoms with Gasteiger partial charge in [-0.05, 0) is 25.0 Å². The molecule has 1 saturated carbocycles. The largest absolute Gasteiger partial charge is 0.341 e. The number of nitrogens with two attached hydrogens (primary N) is 1. The van der Waals surface area contributed by atoms with Gasteiger partial charge >= 0.3 is 15.2 Å². The van der Waals surface area contributed by atoms with Crippen molar-refractivity contribution in [3.05, 3.63) is 30.3 Å². The fourth-order valence-corrected chi connectivity index (χ4v) is 6.47. The van der Waals surface area contributed by atoms with Crippen LogP contribution in [0.1, 0.15) is 32.1 Å². The van der Waals surface area contributed by atoms with Crippen molar-refractivity contribution in [1.29, 1.82) is 0 Å². The van der Waals surface area contributed by atoms with Gasteiger partial charge in [0.1, 0.15) is 0 Å². The van der Waals surface area contributed by atoms with Crippen LogP contribution >= 0.6 is 27.0 Å². The van der Waals surface area contributed by atoms with E-state index in [-0.39, 0.29) is 5.75 Å². The van der Waals surface area contributed by atoms with Gasteiger partial charge in [0.2, 0.25) is 0 Å². The molecular formula is C14H25NO6P2S. The first-order valence-corrected chi connectivity index (χ1v) is 12.0. The fraction of sp³-hybridized carbons (Fsp3) is 0.571. The Balaban J connectivity index is 0.000000341. The van der Waals surface area contributed by atoms with Crippen LogP contribution in [0, 0.1) is 0 Å². The smallest absolute Gasteiger partial charge is 0.328 e. The zero-order valence-electron chi connectivity index (χ0n) is 13.3. The SMILES string of the molecule is NC1CCCCC1.O=P(O)(O)C(CSc1ccccc1)P(=O)(O)O. The van der Waals surface area contributed by atoms with Gasteiger partial charge in [-0.25, -0.2) is 0 Å². The van der Waals surface area contributed by atoms with Gasteiger partial charge in [-0.1, -0.05) is 37.5 Å².